The lowest BCUT2D eigenvalue weighted by Gasteiger charge is -2.17. The molecule has 0 spiro atoms. The van der Waals surface area contributed by atoms with Gasteiger partial charge in [-0.25, -0.2) is 4.98 Å². The molecule has 0 saturated carbocycles. The van der Waals surface area contributed by atoms with Gasteiger partial charge in [-0.2, -0.15) is 0 Å². The van der Waals surface area contributed by atoms with Gasteiger partial charge in [-0.1, -0.05) is 32.0 Å². The summed E-state index contributed by atoms with van der Waals surface area (Å²) in [7, 11) is 0. The van der Waals surface area contributed by atoms with Crippen molar-refractivity contribution in [1.82, 2.24) is 14.9 Å². The van der Waals surface area contributed by atoms with E-state index in [0.29, 0.717) is 6.54 Å². The molecule has 5 nitrogen and oxygen atoms in total. The summed E-state index contributed by atoms with van der Waals surface area (Å²) in [4.78, 5) is 16.9. The van der Waals surface area contributed by atoms with E-state index < -0.39 is 0 Å². The lowest BCUT2D eigenvalue weighted by atomic mass is 10.1. The van der Waals surface area contributed by atoms with Crippen molar-refractivity contribution in [1.29, 1.82) is 0 Å². The zero-order valence-corrected chi connectivity index (χ0v) is 14.5. The van der Waals surface area contributed by atoms with Gasteiger partial charge in [0, 0.05) is 29.3 Å². The van der Waals surface area contributed by atoms with E-state index in [-0.39, 0.29) is 17.9 Å². The standard InChI is InChI=1S/C19H23N3O2/c1-12(2)18-20-9-10-22(18)14(4)19(23)21-11-17-13(3)15-7-5-6-8-16(15)24-17/h5-10,12,14H,11H2,1-4H3,(H,21,23). The van der Waals surface area contributed by atoms with Gasteiger partial charge in [0.1, 0.15) is 23.2 Å². The SMILES string of the molecule is Cc1c(CNC(=O)C(C)n2ccnc2C(C)C)oc2ccccc12. The molecule has 1 amide bonds. The Morgan fingerprint density at radius 1 is 1.29 bits per heavy atom. The van der Waals surface area contributed by atoms with Crippen LogP contribution in [-0.2, 0) is 11.3 Å². The van der Waals surface area contributed by atoms with E-state index in [1.807, 2.05) is 48.9 Å². The largest absolute Gasteiger partial charge is 0.459 e. The predicted octanol–water partition coefficient (Wildman–Crippen LogP) is 3.94. The molecule has 3 rings (SSSR count). The topological polar surface area (TPSA) is 60.1 Å². The van der Waals surface area contributed by atoms with Gasteiger partial charge in [0.05, 0.1) is 6.54 Å². The number of para-hydroxylation sites is 1. The van der Waals surface area contributed by atoms with Crippen molar-refractivity contribution in [3.63, 3.8) is 0 Å². The number of nitrogens with zero attached hydrogens (tertiary/aromatic N) is 2. The molecule has 1 unspecified atom stereocenters. The fourth-order valence-corrected chi connectivity index (χ4v) is 2.93. The zero-order chi connectivity index (χ0) is 17.3. The first-order valence-corrected chi connectivity index (χ1v) is 8.26. The van der Waals surface area contributed by atoms with Gasteiger partial charge < -0.3 is 14.3 Å². The molecule has 2 aromatic heterocycles. The molecule has 0 aliphatic carbocycles. The van der Waals surface area contributed by atoms with Gasteiger partial charge in [0.15, 0.2) is 0 Å². The Labute approximate surface area is 141 Å². The van der Waals surface area contributed by atoms with Gasteiger partial charge >= 0.3 is 0 Å². The Kier molecular flexibility index (Phi) is 4.42. The van der Waals surface area contributed by atoms with Crippen LogP contribution in [0.15, 0.2) is 41.1 Å². The number of amides is 1. The molecular weight excluding hydrogens is 302 g/mol. The minimum absolute atomic E-state index is 0.0465. The van der Waals surface area contributed by atoms with Gasteiger partial charge in [-0.3, -0.25) is 4.79 Å². The first-order chi connectivity index (χ1) is 11.5. The quantitative estimate of drug-likeness (QED) is 0.773. The van der Waals surface area contributed by atoms with Crippen molar-refractivity contribution in [2.24, 2.45) is 0 Å². The van der Waals surface area contributed by atoms with Gasteiger partial charge in [-0.05, 0) is 19.9 Å². The molecule has 0 saturated heterocycles. The number of hydrogen-bond donors (Lipinski definition) is 1. The number of carbonyl (C=O) groups is 1. The highest BCUT2D eigenvalue weighted by molar-refractivity contribution is 5.83. The van der Waals surface area contributed by atoms with E-state index in [2.05, 4.69) is 24.1 Å². The summed E-state index contributed by atoms with van der Waals surface area (Å²) in [5, 5.41) is 4.06. The van der Waals surface area contributed by atoms with Gasteiger partial charge in [0.2, 0.25) is 5.91 Å². The van der Waals surface area contributed by atoms with E-state index >= 15 is 0 Å². The Hall–Kier alpha value is -2.56. The summed E-state index contributed by atoms with van der Waals surface area (Å²) < 4.78 is 7.77. The molecule has 1 N–H and O–H groups in total. The number of imidazole rings is 1. The average Bonchev–Trinajstić information content (AvgIpc) is 3.18. The van der Waals surface area contributed by atoms with Crippen LogP contribution < -0.4 is 5.32 Å². The third-order valence-corrected chi connectivity index (χ3v) is 4.38. The fourth-order valence-electron chi connectivity index (χ4n) is 2.93. The summed E-state index contributed by atoms with van der Waals surface area (Å²) >= 11 is 0. The number of rotatable bonds is 5. The number of furan rings is 1. The molecule has 3 aromatic rings. The average molecular weight is 325 g/mol. The summed E-state index contributed by atoms with van der Waals surface area (Å²) in [6, 6.07) is 7.60. The summed E-state index contributed by atoms with van der Waals surface area (Å²) in [6.45, 7) is 8.43. The van der Waals surface area contributed by atoms with Crippen LogP contribution in [0.1, 0.15) is 49.9 Å². The zero-order valence-electron chi connectivity index (χ0n) is 14.5. The monoisotopic (exact) mass is 325 g/mol. The van der Waals surface area contributed by atoms with E-state index in [0.717, 1.165) is 28.1 Å². The molecule has 0 fully saturated rings. The molecule has 0 aliphatic rings. The lowest BCUT2D eigenvalue weighted by Crippen LogP contribution is -2.31. The van der Waals surface area contributed by atoms with Crippen LogP contribution in [-0.4, -0.2) is 15.5 Å². The summed E-state index contributed by atoms with van der Waals surface area (Å²) in [6.07, 6.45) is 3.59. The van der Waals surface area contributed by atoms with Crippen molar-refractivity contribution in [3.05, 3.63) is 53.8 Å². The van der Waals surface area contributed by atoms with Crippen LogP contribution in [0.4, 0.5) is 0 Å². The normalized spacial score (nSPS) is 12.7. The molecule has 0 bridgehead atoms. The minimum Gasteiger partial charge on any atom is -0.459 e. The molecule has 0 radical (unpaired) electrons. The van der Waals surface area contributed by atoms with E-state index in [1.165, 1.54) is 0 Å². The molecule has 1 aromatic carbocycles. The Morgan fingerprint density at radius 3 is 2.75 bits per heavy atom. The van der Waals surface area contributed by atoms with Crippen molar-refractivity contribution in [2.75, 3.05) is 0 Å². The highest BCUT2D eigenvalue weighted by Gasteiger charge is 2.20. The van der Waals surface area contributed by atoms with Crippen molar-refractivity contribution >= 4 is 16.9 Å². The van der Waals surface area contributed by atoms with Crippen LogP contribution in [0.2, 0.25) is 0 Å². The van der Waals surface area contributed by atoms with Crippen LogP contribution in [0, 0.1) is 6.92 Å². The third kappa shape index (κ3) is 2.94. The number of hydrogen-bond acceptors (Lipinski definition) is 3. The van der Waals surface area contributed by atoms with Crippen molar-refractivity contribution in [3.8, 4) is 0 Å². The number of aromatic nitrogens is 2. The minimum atomic E-state index is -0.311. The lowest BCUT2D eigenvalue weighted by molar-refractivity contribution is -0.124. The number of benzene rings is 1. The van der Waals surface area contributed by atoms with Gasteiger partial charge in [0.25, 0.3) is 0 Å². The Bertz CT molecular complexity index is 861. The fraction of sp³-hybridized carbons (Fsp3) is 0.368. The highest BCUT2D eigenvalue weighted by atomic mass is 16.3. The second-order valence-electron chi connectivity index (χ2n) is 6.39. The Balaban J connectivity index is 1.72. The third-order valence-electron chi connectivity index (χ3n) is 4.38. The number of nitrogens with one attached hydrogen (secondary N) is 1. The van der Waals surface area contributed by atoms with E-state index in [1.54, 1.807) is 6.20 Å². The molecule has 1 atom stereocenters. The maximum Gasteiger partial charge on any atom is 0.243 e. The highest BCUT2D eigenvalue weighted by Crippen LogP contribution is 2.25. The van der Waals surface area contributed by atoms with Crippen LogP contribution in [0.5, 0.6) is 0 Å². The first kappa shape index (κ1) is 16.3. The molecule has 126 valence electrons. The second kappa shape index (κ2) is 6.51. The predicted molar refractivity (Wildman–Crippen MR) is 93.8 cm³/mol. The number of aryl methyl sites for hydroxylation is 1. The van der Waals surface area contributed by atoms with Crippen molar-refractivity contribution < 1.29 is 9.21 Å². The molecular formula is C19H23N3O2. The Morgan fingerprint density at radius 2 is 2.04 bits per heavy atom. The smallest absolute Gasteiger partial charge is 0.243 e. The maximum absolute atomic E-state index is 12.5. The van der Waals surface area contributed by atoms with Crippen LogP contribution >= 0.6 is 0 Å². The maximum atomic E-state index is 12.5. The molecule has 24 heavy (non-hydrogen) atoms. The molecule has 5 heteroatoms. The van der Waals surface area contributed by atoms with Crippen LogP contribution in [0.25, 0.3) is 11.0 Å². The second-order valence-corrected chi connectivity index (χ2v) is 6.39. The number of fused-ring (bicyclic) bond motifs is 1. The number of carbonyl (C=O) groups excluding carboxylic acids is 1. The van der Waals surface area contributed by atoms with Gasteiger partial charge in [-0.15, -0.1) is 0 Å². The molecule has 0 aliphatic heterocycles. The first-order valence-electron chi connectivity index (χ1n) is 8.26. The van der Waals surface area contributed by atoms with E-state index in [9.17, 15) is 4.79 Å². The van der Waals surface area contributed by atoms with Crippen molar-refractivity contribution in [2.45, 2.75) is 46.2 Å². The van der Waals surface area contributed by atoms with Crippen LogP contribution in [0.3, 0.4) is 0 Å². The summed E-state index contributed by atoms with van der Waals surface area (Å²) in [5.74, 6) is 1.94. The summed E-state index contributed by atoms with van der Waals surface area (Å²) in [5.41, 5.74) is 1.92. The molecule has 2 heterocycles. The van der Waals surface area contributed by atoms with E-state index in [4.69, 9.17) is 4.42 Å².